The zero-order valence-electron chi connectivity index (χ0n) is 13.3. The predicted octanol–water partition coefficient (Wildman–Crippen LogP) is 3.08. The summed E-state index contributed by atoms with van der Waals surface area (Å²) in [4.78, 5) is 2.61. The molecule has 114 valence electrons. The summed E-state index contributed by atoms with van der Waals surface area (Å²) in [6, 6.07) is 7.35. The highest BCUT2D eigenvalue weighted by Crippen LogP contribution is 2.63. The van der Waals surface area contributed by atoms with Gasteiger partial charge in [0.15, 0.2) is 11.5 Å². The Kier molecular flexibility index (Phi) is 2.97. The third-order valence-corrected chi connectivity index (χ3v) is 6.45. The molecular formula is C18H25NO2. The number of benzene rings is 1. The normalized spacial score (nSPS) is 37.8. The van der Waals surface area contributed by atoms with Gasteiger partial charge in [0.1, 0.15) is 0 Å². The lowest BCUT2D eigenvalue weighted by atomic mass is 9.65. The quantitative estimate of drug-likeness (QED) is 0.853. The molecule has 0 amide bonds. The molecule has 3 fully saturated rings. The number of likely N-dealkylation sites (N-methyl/N-ethyl adjacent to an activating group) is 1. The van der Waals surface area contributed by atoms with Gasteiger partial charge in [-0.05, 0) is 68.8 Å². The van der Waals surface area contributed by atoms with Crippen molar-refractivity contribution in [2.45, 2.75) is 37.1 Å². The van der Waals surface area contributed by atoms with Crippen LogP contribution in [0.15, 0.2) is 18.2 Å². The van der Waals surface area contributed by atoms with Gasteiger partial charge in [-0.25, -0.2) is 0 Å². The fourth-order valence-corrected chi connectivity index (χ4v) is 5.72. The summed E-state index contributed by atoms with van der Waals surface area (Å²) in [7, 11) is 5.76. The highest BCUT2D eigenvalue weighted by Gasteiger charge is 2.62. The lowest BCUT2D eigenvalue weighted by Crippen LogP contribution is -2.45. The minimum Gasteiger partial charge on any atom is -0.493 e. The third-order valence-electron chi connectivity index (χ3n) is 6.45. The maximum Gasteiger partial charge on any atom is 0.161 e. The number of likely N-dealkylation sites (tertiary alicyclic amines) is 1. The first-order valence-electron chi connectivity index (χ1n) is 8.13. The van der Waals surface area contributed by atoms with E-state index in [0.717, 1.165) is 29.4 Å². The summed E-state index contributed by atoms with van der Waals surface area (Å²) in [5, 5.41) is 0. The first kappa shape index (κ1) is 13.4. The summed E-state index contributed by atoms with van der Waals surface area (Å²) in [5.74, 6) is 3.47. The molecule has 0 spiro atoms. The Bertz CT molecular complexity index is 558. The van der Waals surface area contributed by atoms with Crippen molar-refractivity contribution in [2.24, 2.45) is 11.8 Å². The van der Waals surface area contributed by atoms with Crippen LogP contribution >= 0.6 is 0 Å². The molecule has 1 aromatic carbocycles. The van der Waals surface area contributed by atoms with Gasteiger partial charge in [0.2, 0.25) is 0 Å². The zero-order valence-corrected chi connectivity index (χ0v) is 13.3. The van der Waals surface area contributed by atoms with Crippen LogP contribution in [0.5, 0.6) is 11.5 Å². The van der Waals surface area contributed by atoms with Crippen LogP contribution in [0.1, 0.15) is 31.2 Å². The van der Waals surface area contributed by atoms with E-state index in [4.69, 9.17) is 9.47 Å². The van der Waals surface area contributed by atoms with Gasteiger partial charge in [0, 0.05) is 11.5 Å². The van der Waals surface area contributed by atoms with Crippen molar-refractivity contribution in [1.82, 2.24) is 4.90 Å². The van der Waals surface area contributed by atoms with Crippen molar-refractivity contribution in [2.75, 3.05) is 27.8 Å². The summed E-state index contributed by atoms with van der Waals surface area (Å²) in [6.45, 7) is 1.23. The fraction of sp³-hybridized carbons (Fsp3) is 0.667. The number of fused-ring (bicyclic) bond motifs is 5. The van der Waals surface area contributed by atoms with E-state index in [1.54, 1.807) is 14.2 Å². The van der Waals surface area contributed by atoms with Crippen molar-refractivity contribution in [3.8, 4) is 11.5 Å². The highest BCUT2D eigenvalue weighted by molar-refractivity contribution is 5.47. The Balaban J connectivity index is 1.81. The molecule has 2 bridgehead atoms. The second kappa shape index (κ2) is 4.64. The topological polar surface area (TPSA) is 21.7 Å². The van der Waals surface area contributed by atoms with Gasteiger partial charge >= 0.3 is 0 Å². The van der Waals surface area contributed by atoms with Crippen molar-refractivity contribution in [3.05, 3.63) is 23.8 Å². The molecule has 2 saturated carbocycles. The molecule has 1 saturated heterocycles. The second-order valence-corrected chi connectivity index (χ2v) is 7.06. The van der Waals surface area contributed by atoms with Crippen LogP contribution in [-0.4, -0.2) is 38.8 Å². The fourth-order valence-electron chi connectivity index (χ4n) is 5.72. The lowest BCUT2D eigenvalue weighted by molar-refractivity contribution is 0.169. The van der Waals surface area contributed by atoms with Crippen molar-refractivity contribution in [1.29, 1.82) is 0 Å². The number of methoxy groups -OCH3 is 2. The van der Waals surface area contributed by atoms with E-state index in [9.17, 15) is 0 Å². The highest BCUT2D eigenvalue weighted by atomic mass is 16.5. The SMILES string of the molecule is COc1ccc([C@]23CCN(C)[C@H]2[C@H]2CC[C@@H]3C2)cc1OC. The Morgan fingerprint density at radius 3 is 2.71 bits per heavy atom. The van der Waals surface area contributed by atoms with E-state index in [2.05, 4.69) is 30.1 Å². The van der Waals surface area contributed by atoms with E-state index in [1.807, 2.05) is 0 Å². The molecule has 1 heterocycles. The van der Waals surface area contributed by atoms with Crippen LogP contribution in [0.3, 0.4) is 0 Å². The van der Waals surface area contributed by atoms with Crippen molar-refractivity contribution >= 4 is 0 Å². The standard InChI is InChI=1S/C18H25NO2/c1-19-9-8-18(13-5-4-12(10-13)17(18)19)14-6-7-15(20-2)16(11-14)21-3/h6-7,11-13,17H,4-5,8-10H2,1-3H3/t12-,13+,17-,18+/m0/s1. The molecule has 1 aromatic rings. The van der Waals surface area contributed by atoms with E-state index >= 15 is 0 Å². The van der Waals surface area contributed by atoms with Gasteiger partial charge in [0.25, 0.3) is 0 Å². The molecule has 0 aromatic heterocycles. The van der Waals surface area contributed by atoms with Crippen LogP contribution in [-0.2, 0) is 5.41 Å². The summed E-state index contributed by atoms with van der Waals surface area (Å²) in [5.41, 5.74) is 1.83. The number of hydrogen-bond acceptors (Lipinski definition) is 3. The molecule has 21 heavy (non-hydrogen) atoms. The molecule has 2 aliphatic carbocycles. The summed E-state index contributed by atoms with van der Waals surface area (Å²) >= 11 is 0. The molecule has 4 rings (SSSR count). The van der Waals surface area contributed by atoms with Crippen LogP contribution in [0.2, 0.25) is 0 Å². The molecule has 0 unspecified atom stereocenters. The zero-order chi connectivity index (χ0) is 14.6. The van der Waals surface area contributed by atoms with Crippen molar-refractivity contribution < 1.29 is 9.47 Å². The van der Waals surface area contributed by atoms with E-state index in [0.29, 0.717) is 5.41 Å². The number of rotatable bonds is 3. The lowest BCUT2D eigenvalue weighted by Gasteiger charge is -2.41. The van der Waals surface area contributed by atoms with Gasteiger partial charge < -0.3 is 14.4 Å². The third kappa shape index (κ3) is 1.64. The molecule has 3 heteroatoms. The monoisotopic (exact) mass is 287 g/mol. The second-order valence-electron chi connectivity index (χ2n) is 7.06. The average Bonchev–Trinajstić information content (AvgIpc) is 3.19. The maximum absolute atomic E-state index is 5.55. The van der Waals surface area contributed by atoms with Gasteiger partial charge in [-0.2, -0.15) is 0 Å². The summed E-state index contributed by atoms with van der Waals surface area (Å²) < 4.78 is 11.0. The van der Waals surface area contributed by atoms with Gasteiger partial charge in [-0.15, -0.1) is 0 Å². The Morgan fingerprint density at radius 2 is 1.95 bits per heavy atom. The summed E-state index contributed by atoms with van der Waals surface area (Å²) in [6.07, 6.45) is 5.55. The van der Waals surface area contributed by atoms with Crippen LogP contribution in [0, 0.1) is 11.8 Å². The maximum atomic E-state index is 5.55. The Labute approximate surface area is 127 Å². The molecular weight excluding hydrogens is 262 g/mol. The Morgan fingerprint density at radius 1 is 1.14 bits per heavy atom. The smallest absolute Gasteiger partial charge is 0.161 e. The Hall–Kier alpha value is -1.22. The first-order chi connectivity index (χ1) is 10.2. The molecule has 4 atom stereocenters. The van der Waals surface area contributed by atoms with Gasteiger partial charge in [-0.1, -0.05) is 6.07 Å². The predicted molar refractivity (Wildman–Crippen MR) is 83.1 cm³/mol. The molecule has 1 aliphatic heterocycles. The van der Waals surface area contributed by atoms with Crippen LogP contribution < -0.4 is 9.47 Å². The van der Waals surface area contributed by atoms with Gasteiger partial charge in [0.05, 0.1) is 14.2 Å². The average molecular weight is 287 g/mol. The first-order valence-corrected chi connectivity index (χ1v) is 8.13. The number of hydrogen-bond donors (Lipinski definition) is 0. The molecule has 0 N–H and O–H groups in total. The van der Waals surface area contributed by atoms with Crippen LogP contribution in [0.4, 0.5) is 0 Å². The van der Waals surface area contributed by atoms with E-state index < -0.39 is 0 Å². The van der Waals surface area contributed by atoms with Crippen LogP contribution in [0.25, 0.3) is 0 Å². The van der Waals surface area contributed by atoms with Gasteiger partial charge in [-0.3, -0.25) is 0 Å². The number of nitrogens with zero attached hydrogens (tertiary/aromatic N) is 1. The molecule has 3 nitrogen and oxygen atoms in total. The minimum atomic E-state index is 0.358. The molecule has 0 radical (unpaired) electrons. The molecule has 3 aliphatic rings. The minimum absolute atomic E-state index is 0.358. The largest absolute Gasteiger partial charge is 0.493 e. The van der Waals surface area contributed by atoms with Crippen molar-refractivity contribution in [3.63, 3.8) is 0 Å². The van der Waals surface area contributed by atoms with E-state index in [1.165, 1.54) is 37.8 Å². The number of ether oxygens (including phenoxy) is 2. The van der Waals surface area contributed by atoms with E-state index in [-0.39, 0.29) is 0 Å².